The SMILES string of the molecule is Cc1nc(-c2cccc(C(F)(F)F)c2)nc(N2CCN(C(=O)Nc3ccccc3F)CC2)c1Cc1ccccc1. The molecule has 1 fully saturated rings. The summed E-state index contributed by atoms with van der Waals surface area (Å²) in [4.78, 5) is 25.8. The summed E-state index contributed by atoms with van der Waals surface area (Å²) in [5.74, 6) is 0.312. The molecule has 3 aromatic carbocycles. The molecule has 2 heterocycles. The lowest BCUT2D eigenvalue weighted by atomic mass is 10.0. The summed E-state index contributed by atoms with van der Waals surface area (Å²) >= 11 is 0. The zero-order valence-corrected chi connectivity index (χ0v) is 21.8. The second-order valence-corrected chi connectivity index (χ2v) is 9.56. The number of benzene rings is 3. The van der Waals surface area contributed by atoms with E-state index in [-0.39, 0.29) is 17.1 Å². The number of hydrogen-bond donors (Lipinski definition) is 1. The molecule has 2 amide bonds. The van der Waals surface area contributed by atoms with Crippen LogP contribution in [0.3, 0.4) is 0 Å². The molecule has 1 saturated heterocycles. The Bertz CT molecular complexity index is 1500. The Kier molecular flexibility index (Phi) is 7.68. The molecule has 0 radical (unpaired) electrons. The normalized spacial score (nSPS) is 13.8. The number of carbonyl (C=O) groups excluding carboxylic acids is 1. The summed E-state index contributed by atoms with van der Waals surface area (Å²) in [6.07, 6.45) is -3.94. The molecule has 0 atom stereocenters. The van der Waals surface area contributed by atoms with Gasteiger partial charge in [-0.2, -0.15) is 13.2 Å². The summed E-state index contributed by atoms with van der Waals surface area (Å²) in [5.41, 5.74) is 2.19. The van der Waals surface area contributed by atoms with E-state index < -0.39 is 23.6 Å². The highest BCUT2D eigenvalue weighted by atomic mass is 19.4. The lowest BCUT2D eigenvalue weighted by Crippen LogP contribution is -2.50. The van der Waals surface area contributed by atoms with Crippen molar-refractivity contribution in [1.29, 1.82) is 0 Å². The first-order valence-electron chi connectivity index (χ1n) is 12.8. The Morgan fingerprint density at radius 2 is 1.60 bits per heavy atom. The number of para-hydroxylation sites is 1. The number of anilines is 2. The van der Waals surface area contributed by atoms with Gasteiger partial charge in [-0.05, 0) is 36.8 Å². The van der Waals surface area contributed by atoms with E-state index in [1.165, 1.54) is 18.2 Å². The van der Waals surface area contributed by atoms with Crippen LogP contribution in [0.4, 0.5) is 33.9 Å². The summed E-state index contributed by atoms with van der Waals surface area (Å²) in [6.45, 7) is 3.41. The van der Waals surface area contributed by atoms with Crippen molar-refractivity contribution in [3.8, 4) is 11.4 Å². The Balaban J connectivity index is 1.43. The van der Waals surface area contributed by atoms with Crippen molar-refractivity contribution in [2.45, 2.75) is 19.5 Å². The number of halogens is 4. The number of hydrogen-bond acceptors (Lipinski definition) is 4. The van der Waals surface area contributed by atoms with Crippen LogP contribution < -0.4 is 10.2 Å². The van der Waals surface area contributed by atoms with Crippen molar-refractivity contribution in [3.05, 3.63) is 107 Å². The number of aryl methyl sites for hydroxylation is 1. The first kappa shape index (κ1) is 27.1. The smallest absolute Gasteiger partial charge is 0.353 e. The van der Waals surface area contributed by atoms with Gasteiger partial charge in [0.15, 0.2) is 5.82 Å². The Labute approximate surface area is 229 Å². The molecule has 5 rings (SSSR count). The standard InChI is InChI=1S/C30H27F4N5O/c1-20-24(18-21-8-3-2-4-9-21)28(37-27(35-20)22-10-7-11-23(19-22)30(32,33)34)38-14-16-39(17-15-38)29(40)36-26-13-6-5-12-25(26)31/h2-13,19H,14-18H2,1H3,(H,36,40). The van der Waals surface area contributed by atoms with E-state index in [2.05, 4.69) is 10.3 Å². The Morgan fingerprint density at radius 3 is 2.30 bits per heavy atom. The fraction of sp³-hybridized carbons (Fsp3) is 0.233. The van der Waals surface area contributed by atoms with Crippen molar-refractivity contribution in [3.63, 3.8) is 0 Å². The van der Waals surface area contributed by atoms with Crippen LogP contribution in [0.5, 0.6) is 0 Å². The van der Waals surface area contributed by atoms with Crippen LogP contribution in [0.1, 0.15) is 22.4 Å². The summed E-state index contributed by atoms with van der Waals surface area (Å²) in [5, 5.41) is 2.61. The van der Waals surface area contributed by atoms with Crippen molar-refractivity contribution in [1.82, 2.24) is 14.9 Å². The van der Waals surface area contributed by atoms with E-state index in [9.17, 15) is 22.4 Å². The van der Waals surface area contributed by atoms with Crippen LogP contribution in [-0.4, -0.2) is 47.1 Å². The summed E-state index contributed by atoms with van der Waals surface area (Å²) < 4.78 is 54.2. The third-order valence-corrected chi connectivity index (χ3v) is 6.85. The van der Waals surface area contributed by atoms with Gasteiger partial charge < -0.3 is 15.1 Å². The van der Waals surface area contributed by atoms with Gasteiger partial charge in [-0.3, -0.25) is 0 Å². The number of nitrogens with zero attached hydrogens (tertiary/aromatic N) is 4. The third kappa shape index (κ3) is 6.06. The molecule has 1 aliphatic heterocycles. The number of aromatic nitrogens is 2. The molecule has 206 valence electrons. The number of piperazine rings is 1. The average Bonchev–Trinajstić information content (AvgIpc) is 2.95. The van der Waals surface area contributed by atoms with Gasteiger partial charge in [-0.15, -0.1) is 0 Å². The fourth-order valence-corrected chi connectivity index (χ4v) is 4.69. The van der Waals surface area contributed by atoms with Crippen molar-refractivity contribution >= 4 is 17.5 Å². The largest absolute Gasteiger partial charge is 0.416 e. The lowest BCUT2D eigenvalue weighted by molar-refractivity contribution is -0.137. The number of amides is 2. The minimum Gasteiger partial charge on any atom is -0.353 e. The highest BCUT2D eigenvalue weighted by Crippen LogP contribution is 2.33. The molecule has 1 aromatic heterocycles. The molecular formula is C30H27F4N5O. The second-order valence-electron chi connectivity index (χ2n) is 9.56. The maximum absolute atomic E-state index is 14.0. The number of urea groups is 1. The minimum absolute atomic E-state index is 0.109. The maximum atomic E-state index is 14.0. The zero-order valence-electron chi connectivity index (χ0n) is 21.8. The van der Waals surface area contributed by atoms with Crippen LogP contribution >= 0.6 is 0 Å². The van der Waals surface area contributed by atoms with E-state index in [1.807, 2.05) is 42.2 Å². The molecule has 1 aliphatic rings. The Morgan fingerprint density at radius 1 is 0.900 bits per heavy atom. The zero-order chi connectivity index (χ0) is 28.3. The van der Waals surface area contributed by atoms with Crippen LogP contribution in [0.15, 0.2) is 78.9 Å². The highest BCUT2D eigenvalue weighted by molar-refractivity contribution is 5.89. The molecule has 4 aromatic rings. The molecule has 0 bridgehead atoms. The van der Waals surface area contributed by atoms with Gasteiger partial charge in [-0.25, -0.2) is 19.2 Å². The molecule has 10 heteroatoms. The molecular weight excluding hydrogens is 522 g/mol. The first-order valence-corrected chi connectivity index (χ1v) is 12.8. The second kappa shape index (κ2) is 11.3. The topological polar surface area (TPSA) is 61.4 Å². The van der Waals surface area contributed by atoms with Crippen LogP contribution in [0, 0.1) is 12.7 Å². The van der Waals surface area contributed by atoms with Crippen LogP contribution in [-0.2, 0) is 12.6 Å². The van der Waals surface area contributed by atoms with Gasteiger partial charge in [-0.1, -0.05) is 54.6 Å². The van der Waals surface area contributed by atoms with E-state index in [1.54, 1.807) is 23.1 Å². The highest BCUT2D eigenvalue weighted by Gasteiger charge is 2.31. The van der Waals surface area contributed by atoms with Crippen LogP contribution in [0.25, 0.3) is 11.4 Å². The van der Waals surface area contributed by atoms with Gasteiger partial charge in [0.05, 0.1) is 11.3 Å². The number of carbonyl (C=O) groups is 1. The predicted octanol–water partition coefficient (Wildman–Crippen LogP) is 6.55. The minimum atomic E-state index is -4.49. The molecule has 40 heavy (non-hydrogen) atoms. The molecule has 0 spiro atoms. The molecule has 0 aliphatic carbocycles. The quantitative estimate of drug-likeness (QED) is 0.287. The fourth-order valence-electron chi connectivity index (χ4n) is 4.69. The average molecular weight is 550 g/mol. The van der Waals surface area contributed by atoms with E-state index in [0.29, 0.717) is 44.1 Å². The van der Waals surface area contributed by atoms with Gasteiger partial charge in [0, 0.05) is 49.4 Å². The third-order valence-electron chi connectivity index (χ3n) is 6.85. The molecule has 1 N–H and O–H groups in total. The molecule has 0 unspecified atom stereocenters. The summed E-state index contributed by atoms with van der Waals surface area (Å²) in [7, 11) is 0. The number of rotatable bonds is 5. The number of nitrogens with one attached hydrogen (secondary N) is 1. The van der Waals surface area contributed by atoms with Gasteiger partial charge in [0.1, 0.15) is 11.6 Å². The van der Waals surface area contributed by atoms with E-state index in [4.69, 9.17) is 4.98 Å². The Hall–Kier alpha value is -4.47. The van der Waals surface area contributed by atoms with Crippen molar-refractivity contribution in [2.24, 2.45) is 0 Å². The van der Waals surface area contributed by atoms with Crippen LogP contribution in [0.2, 0.25) is 0 Å². The van der Waals surface area contributed by atoms with Crippen molar-refractivity contribution < 1.29 is 22.4 Å². The lowest BCUT2D eigenvalue weighted by Gasteiger charge is -2.36. The van der Waals surface area contributed by atoms with Gasteiger partial charge in [0.2, 0.25) is 0 Å². The molecule has 0 saturated carbocycles. The molecule has 6 nitrogen and oxygen atoms in total. The van der Waals surface area contributed by atoms with E-state index >= 15 is 0 Å². The number of alkyl halides is 3. The predicted molar refractivity (Wildman–Crippen MR) is 146 cm³/mol. The van der Waals surface area contributed by atoms with E-state index in [0.717, 1.165) is 23.3 Å². The summed E-state index contributed by atoms with van der Waals surface area (Å²) in [6, 6.07) is 20.4. The first-order chi connectivity index (χ1) is 19.2. The van der Waals surface area contributed by atoms with Gasteiger partial charge in [0.25, 0.3) is 0 Å². The van der Waals surface area contributed by atoms with Crippen molar-refractivity contribution in [2.75, 3.05) is 36.4 Å². The maximum Gasteiger partial charge on any atom is 0.416 e. The van der Waals surface area contributed by atoms with Gasteiger partial charge >= 0.3 is 12.2 Å². The monoisotopic (exact) mass is 549 g/mol.